The van der Waals surface area contributed by atoms with Crippen LogP contribution in [0.3, 0.4) is 0 Å². The molecule has 0 aromatic heterocycles. The van der Waals surface area contributed by atoms with Gasteiger partial charge in [-0.2, -0.15) is 0 Å². The fraction of sp³-hybridized carbons (Fsp3) is 0.273. The molecule has 1 aromatic rings. The van der Waals surface area contributed by atoms with Gasteiger partial charge in [-0.25, -0.2) is 0 Å². The zero-order valence-corrected chi connectivity index (χ0v) is 8.46. The summed E-state index contributed by atoms with van der Waals surface area (Å²) in [6, 6.07) is 7.09. The van der Waals surface area contributed by atoms with Gasteiger partial charge in [-0.15, -0.1) is 6.42 Å². The smallest absolute Gasteiger partial charge is 0.0914 e. The molecule has 0 bridgehead atoms. The second kappa shape index (κ2) is 5.66. The Balaban J connectivity index is 2.48. The Morgan fingerprint density at radius 1 is 1.43 bits per heavy atom. The molecule has 0 aliphatic rings. The van der Waals surface area contributed by atoms with Gasteiger partial charge < -0.3 is 10.4 Å². The lowest BCUT2D eigenvalue weighted by atomic mass is 10.1. The zero-order valence-electron chi connectivity index (χ0n) is 7.70. The second-order valence-electron chi connectivity index (χ2n) is 2.90. The van der Waals surface area contributed by atoms with Crippen LogP contribution in [0.1, 0.15) is 11.7 Å². The van der Waals surface area contributed by atoms with Gasteiger partial charge in [0.25, 0.3) is 0 Å². The first-order chi connectivity index (χ1) is 6.74. The third-order valence-electron chi connectivity index (χ3n) is 1.82. The molecule has 1 atom stereocenters. The van der Waals surface area contributed by atoms with Gasteiger partial charge >= 0.3 is 0 Å². The molecule has 0 saturated heterocycles. The number of halogens is 1. The Kier molecular flexibility index (Phi) is 4.48. The molecular formula is C11H12ClNO. The number of aliphatic hydroxyl groups excluding tert-OH is 1. The van der Waals surface area contributed by atoms with Gasteiger partial charge in [0.2, 0.25) is 0 Å². The van der Waals surface area contributed by atoms with Crippen LogP contribution in [0.2, 0.25) is 5.02 Å². The van der Waals surface area contributed by atoms with Gasteiger partial charge in [-0.05, 0) is 17.7 Å². The summed E-state index contributed by atoms with van der Waals surface area (Å²) in [4.78, 5) is 0. The fourth-order valence-corrected chi connectivity index (χ4v) is 1.21. The number of hydrogen-bond donors (Lipinski definition) is 2. The van der Waals surface area contributed by atoms with Crippen molar-refractivity contribution in [3.05, 3.63) is 34.9 Å². The van der Waals surface area contributed by atoms with E-state index in [-0.39, 0.29) is 0 Å². The highest BCUT2D eigenvalue weighted by molar-refractivity contribution is 6.30. The van der Waals surface area contributed by atoms with E-state index in [9.17, 15) is 5.11 Å². The van der Waals surface area contributed by atoms with E-state index in [4.69, 9.17) is 18.0 Å². The Morgan fingerprint density at radius 2 is 2.07 bits per heavy atom. The molecule has 14 heavy (non-hydrogen) atoms. The second-order valence-corrected chi connectivity index (χ2v) is 3.34. The van der Waals surface area contributed by atoms with Crippen molar-refractivity contribution in [1.29, 1.82) is 0 Å². The van der Waals surface area contributed by atoms with E-state index in [1.165, 1.54) is 0 Å². The van der Waals surface area contributed by atoms with Crippen molar-refractivity contribution in [2.45, 2.75) is 6.10 Å². The highest BCUT2D eigenvalue weighted by Gasteiger charge is 2.05. The SMILES string of the molecule is C#CCNCC(O)c1ccc(Cl)cc1. The average molecular weight is 210 g/mol. The van der Waals surface area contributed by atoms with Crippen molar-refractivity contribution in [2.24, 2.45) is 0 Å². The first kappa shape index (κ1) is 11.1. The minimum Gasteiger partial charge on any atom is -0.387 e. The summed E-state index contributed by atoms with van der Waals surface area (Å²) in [6.07, 6.45) is 4.52. The largest absolute Gasteiger partial charge is 0.387 e. The van der Waals surface area contributed by atoms with Crippen LogP contribution in [-0.2, 0) is 0 Å². The topological polar surface area (TPSA) is 32.3 Å². The summed E-state index contributed by atoms with van der Waals surface area (Å²) in [5.41, 5.74) is 0.832. The zero-order chi connectivity index (χ0) is 10.4. The van der Waals surface area contributed by atoms with E-state index in [2.05, 4.69) is 11.2 Å². The van der Waals surface area contributed by atoms with Crippen molar-refractivity contribution in [2.75, 3.05) is 13.1 Å². The minimum absolute atomic E-state index is 0.450. The molecule has 0 fully saturated rings. The van der Waals surface area contributed by atoms with Gasteiger partial charge in [0, 0.05) is 11.6 Å². The summed E-state index contributed by atoms with van der Waals surface area (Å²) in [6.45, 7) is 0.913. The van der Waals surface area contributed by atoms with Gasteiger partial charge in [0.1, 0.15) is 0 Å². The van der Waals surface area contributed by atoms with E-state index in [1.54, 1.807) is 24.3 Å². The third-order valence-corrected chi connectivity index (χ3v) is 2.07. The van der Waals surface area contributed by atoms with Crippen LogP contribution in [0.4, 0.5) is 0 Å². The number of benzene rings is 1. The first-order valence-corrected chi connectivity index (χ1v) is 4.69. The van der Waals surface area contributed by atoms with E-state index in [1.807, 2.05) is 0 Å². The summed E-state index contributed by atoms with van der Waals surface area (Å²) in [5, 5.41) is 13.3. The van der Waals surface area contributed by atoms with Crippen LogP contribution in [0.5, 0.6) is 0 Å². The van der Waals surface area contributed by atoms with Crippen molar-refractivity contribution >= 4 is 11.6 Å². The normalized spacial score (nSPS) is 12.1. The maximum atomic E-state index is 9.66. The summed E-state index contributed by atoms with van der Waals surface area (Å²) in [7, 11) is 0. The molecule has 3 heteroatoms. The maximum absolute atomic E-state index is 9.66. The Labute approximate surface area is 88.9 Å². The molecule has 0 spiro atoms. The molecule has 0 amide bonds. The third kappa shape index (κ3) is 3.39. The van der Waals surface area contributed by atoms with Gasteiger partial charge in [-0.3, -0.25) is 0 Å². The highest BCUT2D eigenvalue weighted by atomic mass is 35.5. The van der Waals surface area contributed by atoms with Crippen LogP contribution < -0.4 is 5.32 Å². The first-order valence-electron chi connectivity index (χ1n) is 4.31. The molecule has 74 valence electrons. The van der Waals surface area contributed by atoms with E-state index in [0.717, 1.165) is 5.56 Å². The predicted molar refractivity (Wildman–Crippen MR) is 58.1 cm³/mol. The van der Waals surface area contributed by atoms with Gasteiger partial charge in [-0.1, -0.05) is 29.7 Å². The molecule has 1 rings (SSSR count). The number of terminal acetylenes is 1. The van der Waals surface area contributed by atoms with Crippen LogP contribution >= 0.6 is 11.6 Å². The standard InChI is InChI=1S/C11H12ClNO/c1-2-7-13-8-11(14)9-3-5-10(12)6-4-9/h1,3-6,11,13-14H,7-8H2. The molecule has 2 N–H and O–H groups in total. The Hall–Kier alpha value is -1.01. The monoisotopic (exact) mass is 209 g/mol. The van der Waals surface area contributed by atoms with Crippen LogP contribution in [-0.4, -0.2) is 18.2 Å². The van der Waals surface area contributed by atoms with Crippen LogP contribution in [0.15, 0.2) is 24.3 Å². The van der Waals surface area contributed by atoms with Gasteiger partial charge in [0.05, 0.1) is 12.6 Å². The molecular weight excluding hydrogens is 198 g/mol. The lowest BCUT2D eigenvalue weighted by molar-refractivity contribution is 0.176. The molecule has 2 nitrogen and oxygen atoms in total. The molecule has 0 aliphatic heterocycles. The molecule has 1 aromatic carbocycles. The average Bonchev–Trinajstić information content (AvgIpc) is 2.19. The van der Waals surface area contributed by atoms with Crippen molar-refractivity contribution in [3.63, 3.8) is 0 Å². The van der Waals surface area contributed by atoms with Crippen LogP contribution in [0, 0.1) is 12.3 Å². The predicted octanol–water partition coefficient (Wildman–Crippen LogP) is 1.60. The van der Waals surface area contributed by atoms with Crippen molar-refractivity contribution in [3.8, 4) is 12.3 Å². The van der Waals surface area contributed by atoms with Crippen molar-refractivity contribution < 1.29 is 5.11 Å². The molecule has 1 unspecified atom stereocenters. The molecule has 0 saturated carbocycles. The number of hydrogen-bond acceptors (Lipinski definition) is 2. The fourth-order valence-electron chi connectivity index (χ4n) is 1.08. The van der Waals surface area contributed by atoms with E-state index in [0.29, 0.717) is 18.1 Å². The Bertz CT molecular complexity index is 315. The van der Waals surface area contributed by atoms with Crippen LogP contribution in [0.25, 0.3) is 0 Å². The quantitative estimate of drug-likeness (QED) is 0.583. The minimum atomic E-state index is -0.541. The maximum Gasteiger partial charge on any atom is 0.0914 e. The highest BCUT2D eigenvalue weighted by Crippen LogP contribution is 2.15. The summed E-state index contributed by atoms with van der Waals surface area (Å²) < 4.78 is 0. The van der Waals surface area contributed by atoms with E-state index < -0.39 is 6.10 Å². The number of rotatable bonds is 4. The summed E-state index contributed by atoms with van der Waals surface area (Å²) >= 11 is 5.72. The number of aliphatic hydroxyl groups is 1. The molecule has 0 aliphatic carbocycles. The summed E-state index contributed by atoms with van der Waals surface area (Å²) in [5.74, 6) is 2.44. The lowest BCUT2D eigenvalue weighted by Crippen LogP contribution is -2.21. The number of nitrogens with one attached hydrogen (secondary N) is 1. The Morgan fingerprint density at radius 3 is 2.64 bits per heavy atom. The van der Waals surface area contributed by atoms with E-state index >= 15 is 0 Å². The van der Waals surface area contributed by atoms with Crippen molar-refractivity contribution in [1.82, 2.24) is 5.32 Å². The molecule has 0 radical (unpaired) electrons. The molecule has 0 heterocycles. The lowest BCUT2D eigenvalue weighted by Gasteiger charge is -2.10. The van der Waals surface area contributed by atoms with Gasteiger partial charge in [0.15, 0.2) is 0 Å².